The number of morpholine rings is 1. The molecule has 1 aliphatic heterocycles. The fourth-order valence-electron chi connectivity index (χ4n) is 3.39. The molecule has 1 fully saturated rings. The molecule has 0 aliphatic carbocycles. The van der Waals surface area contributed by atoms with Crippen molar-refractivity contribution < 1.29 is 17.9 Å². The van der Waals surface area contributed by atoms with Crippen LogP contribution < -0.4 is 4.90 Å². The topological polar surface area (TPSA) is 81.9 Å². The number of tetrazole rings is 1. The number of alkyl halides is 3. The van der Waals surface area contributed by atoms with Gasteiger partial charge in [0.15, 0.2) is 11.5 Å². The molecular weight excluding hydrogens is 423 g/mol. The highest BCUT2D eigenvalue weighted by atomic mass is 35.5. The highest BCUT2D eigenvalue weighted by Gasteiger charge is 2.39. The number of benzene rings is 1. The average molecular weight is 440 g/mol. The quantitative estimate of drug-likeness (QED) is 0.618. The zero-order valence-electron chi connectivity index (χ0n) is 16.0. The molecule has 0 saturated carbocycles. The fourth-order valence-corrected chi connectivity index (χ4v) is 3.51. The normalized spacial score (nSPS) is 19.9. The molecule has 1 aromatic carbocycles. The van der Waals surface area contributed by atoms with Crippen molar-refractivity contribution in [3.05, 3.63) is 41.2 Å². The Morgan fingerprint density at radius 1 is 1.10 bits per heavy atom. The molecule has 0 unspecified atom stereocenters. The van der Waals surface area contributed by atoms with E-state index in [1.54, 1.807) is 29.2 Å². The first-order valence-electron chi connectivity index (χ1n) is 9.10. The van der Waals surface area contributed by atoms with Crippen molar-refractivity contribution in [1.82, 2.24) is 30.2 Å². The molecule has 12 heteroatoms. The van der Waals surface area contributed by atoms with Gasteiger partial charge in [0, 0.05) is 11.2 Å². The lowest BCUT2D eigenvalue weighted by molar-refractivity contribution is -0.140. The summed E-state index contributed by atoms with van der Waals surface area (Å²) in [6.45, 7) is 4.46. The summed E-state index contributed by atoms with van der Waals surface area (Å²) >= 11 is 5.89. The summed E-state index contributed by atoms with van der Waals surface area (Å²) in [6, 6.07) is 6.05. The van der Waals surface area contributed by atoms with E-state index in [1.807, 2.05) is 13.8 Å². The third-order valence-electron chi connectivity index (χ3n) is 4.72. The van der Waals surface area contributed by atoms with Crippen molar-refractivity contribution in [2.75, 3.05) is 18.1 Å². The SMILES string of the molecule is C[C@@H]1COC[C@H](C)N1c1ncc(-c2nnnn2-c2ccc(Cl)cc2)c(C(F)(F)F)n1. The molecular formula is C18H17ClF3N7O. The van der Waals surface area contributed by atoms with E-state index in [2.05, 4.69) is 25.5 Å². The molecule has 2 aromatic heterocycles. The van der Waals surface area contributed by atoms with Gasteiger partial charge >= 0.3 is 6.18 Å². The monoisotopic (exact) mass is 439 g/mol. The van der Waals surface area contributed by atoms with Gasteiger partial charge in [0.2, 0.25) is 5.95 Å². The van der Waals surface area contributed by atoms with Crippen LogP contribution in [-0.2, 0) is 10.9 Å². The van der Waals surface area contributed by atoms with E-state index in [-0.39, 0.29) is 29.4 Å². The largest absolute Gasteiger partial charge is 0.434 e. The van der Waals surface area contributed by atoms with Gasteiger partial charge in [-0.25, -0.2) is 9.97 Å². The minimum Gasteiger partial charge on any atom is -0.377 e. The fraction of sp³-hybridized carbons (Fsp3) is 0.389. The van der Waals surface area contributed by atoms with Gasteiger partial charge in [-0.05, 0) is 48.5 Å². The van der Waals surface area contributed by atoms with E-state index in [1.165, 1.54) is 4.68 Å². The van der Waals surface area contributed by atoms with Crippen LogP contribution >= 0.6 is 11.6 Å². The molecule has 0 amide bonds. The standard InChI is InChI=1S/C18H17ClF3N7O/c1-10-8-30-9-11(2)28(10)17-23-7-14(15(24-17)18(20,21)22)16-25-26-27-29(16)13-5-3-12(19)4-6-13/h3-7,10-11H,8-9H2,1-2H3/t10-,11+. The van der Waals surface area contributed by atoms with Crippen molar-refractivity contribution in [3.8, 4) is 17.1 Å². The van der Waals surface area contributed by atoms with Crippen molar-refractivity contribution in [1.29, 1.82) is 0 Å². The average Bonchev–Trinajstić information content (AvgIpc) is 3.17. The highest BCUT2D eigenvalue weighted by Crippen LogP contribution is 2.36. The Labute approximate surface area is 174 Å². The minimum absolute atomic E-state index is 0.0140. The van der Waals surface area contributed by atoms with Crippen molar-refractivity contribution in [2.45, 2.75) is 32.1 Å². The van der Waals surface area contributed by atoms with Gasteiger partial charge in [0.25, 0.3) is 0 Å². The summed E-state index contributed by atoms with van der Waals surface area (Å²) < 4.78 is 48.4. The summed E-state index contributed by atoms with van der Waals surface area (Å²) in [5.74, 6) is -0.140. The maximum atomic E-state index is 13.9. The van der Waals surface area contributed by atoms with Crippen molar-refractivity contribution in [3.63, 3.8) is 0 Å². The number of anilines is 1. The first kappa shape index (κ1) is 20.5. The number of ether oxygens (including phenoxy) is 1. The molecule has 1 aliphatic rings. The molecule has 30 heavy (non-hydrogen) atoms. The predicted molar refractivity (Wildman–Crippen MR) is 102 cm³/mol. The Morgan fingerprint density at radius 3 is 2.40 bits per heavy atom. The van der Waals surface area contributed by atoms with E-state index in [9.17, 15) is 13.2 Å². The summed E-state index contributed by atoms with van der Waals surface area (Å²) in [7, 11) is 0. The van der Waals surface area contributed by atoms with Gasteiger partial charge in [-0.3, -0.25) is 0 Å². The number of hydrogen-bond acceptors (Lipinski definition) is 7. The summed E-state index contributed by atoms with van der Waals surface area (Å²) in [5, 5.41) is 11.6. The van der Waals surface area contributed by atoms with Gasteiger partial charge in [-0.15, -0.1) is 5.10 Å². The van der Waals surface area contributed by atoms with Gasteiger partial charge in [0.05, 0.1) is 36.5 Å². The number of halogens is 4. The lowest BCUT2D eigenvalue weighted by Gasteiger charge is -2.38. The smallest absolute Gasteiger partial charge is 0.377 e. The third-order valence-corrected chi connectivity index (χ3v) is 4.98. The summed E-state index contributed by atoms with van der Waals surface area (Å²) in [4.78, 5) is 9.82. The minimum atomic E-state index is -4.73. The van der Waals surface area contributed by atoms with Crippen LogP contribution in [0.3, 0.4) is 0 Å². The molecule has 0 N–H and O–H groups in total. The zero-order chi connectivity index (χ0) is 21.5. The maximum absolute atomic E-state index is 13.9. The molecule has 0 spiro atoms. The Bertz CT molecular complexity index is 1030. The predicted octanol–water partition coefficient (Wildman–Crippen LogP) is 3.41. The second kappa shape index (κ2) is 7.80. The molecule has 8 nitrogen and oxygen atoms in total. The Balaban J connectivity index is 1.82. The second-order valence-corrected chi connectivity index (χ2v) is 7.40. The number of rotatable bonds is 3. The molecule has 1 saturated heterocycles. The number of nitrogens with zero attached hydrogens (tertiary/aromatic N) is 7. The Kier molecular flexibility index (Phi) is 5.33. The first-order chi connectivity index (χ1) is 14.3. The van der Waals surface area contributed by atoms with Crippen LogP contribution in [0.1, 0.15) is 19.5 Å². The molecule has 3 aromatic rings. The zero-order valence-corrected chi connectivity index (χ0v) is 16.8. The van der Waals surface area contributed by atoms with Gasteiger partial charge in [0.1, 0.15) is 0 Å². The van der Waals surface area contributed by atoms with Crippen LogP contribution in [0, 0.1) is 0 Å². The lowest BCUT2D eigenvalue weighted by Crippen LogP contribution is -2.50. The third kappa shape index (κ3) is 3.82. The molecule has 0 radical (unpaired) electrons. The van der Waals surface area contributed by atoms with E-state index in [0.717, 1.165) is 6.20 Å². The van der Waals surface area contributed by atoms with E-state index in [4.69, 9.17) is 16.3 Å². The maximum Gasteiger partial charge on any atom is 0.434 e. The van der Waals surface area contributed by atoms with E-state index in [0.29, 0.717) is 23.9 Å². The van der Waals surface area contributed by atoms with Crippen LogP contribution in [0.15, 0.2) is 30.5 Å². The molecule has 2 atom stereocenters. The van der Waals surface area contributed by atoms with E-state index < -0.39 is 11.9 Å². The summed E-state index contributed by atoms with van der Waals surface area (Å²) in [6.07, 6.45) is -3.62. The second-order valence-electron chi connectivity index (χ2n) is 6.96. The van der Waals surface area contributed by atoms with Crippen molar-refractivity contribution >= 4 is 17.5 Å². The van der Waals surface area contributed by atoms with E-state index >= 15 is 0 Å². The van der Waals surface area contributed by atoms with Crippen LogP contribution in [0.2, 0.25) is 5.02 Å². The van der Waals surface area contributed by atoms with Crippen LogP contribution in [0.5, 0.6) is 0 Å². The van der Waals surface area contributed by atoms with Gasteiger partial charge in [-0.2, -0.15) is 17.9 Å². The van der Waals surface area contributed by atoms with Gasteiger partial charge in [-0.1, -0.05) is 11.6 Å². The van der Waals surface area contributed by atoms with Crippen LogP contribution in [0.25, 0.3) is 17.1 Å². The Morgan fingerprint density at radius 2 is 1.77 bits per heavy atom. The van der Waals surface area contributed by atoms with Crippen molar-refractivity contribution in [2.24, 2.45) is 0 Å². The van der Waals surface area contributed by atoms with Crippen LogP contribution in [-0.4, -0.2) is 55.5 Å². The van der Waals surface area contributed by atoms with Gasteiger partial charge < -0.3 is 9.64 Å². The molecule has 3 heterocycles. The number of hydrogen-bond donors (Lipinski definition) is 0. The molecule has 4 rings (SSSR count). The molecule has 158 valence electrons. The first-order valence-corrected chi connectivity index (χ1v) is 9.48. The Hall–Kier alpha value is -2.79. The molecule has 0 bridgehead atoms. The lowest BCUT2D eigenvalue weighted by atomic mass is 10.1. The highest BCUT2D eigenvalue weighted by molar-refractivity contribution is 6.30. The number of aromatic nitrogens is 6. The van der Waals surface area contributed by atoms with Crippen LogP contribution in [0.4, 0.5) is 19.1 Å². The summed E-state index contributed by atoms with van der Waals surface area (Å²) in [5.41, 5.74) is -0.977.